The second-order valence-corrected chi connectivity index (χ2v) is 2.02. The number of allylic oxidation sites excluding steroid dienone is 1. The number of hydrogen-bond acceptors (Lipinski definition) is 3. The van der Waals surface area contributed by atoms with Crippen molar-refractivity contribution in [3.63, 3.8) is 0 Å². The third-order valence-corrected chi connectivity index (χ3v) is 1.61. The van der Waals surface area contributed by atoms with E-state index in [1.54, 1.807) is 0 Å². The molecule has 0 aromatic carbocycles. The summed E-state index contributed by atoms with van der Waals surface area (Å²) in [6.45, 7) is 5.21. The molecule has 0 atom stereocenters. The summed E-state index contributed by atoms with van der Waals surface area (Å²) in [5, 5.41) is 0.850. The Balaban J connectivity index is 3.60. The molecule has 0 aliphatic rings. The highest BCUT2D eigenvalue weighted by molar-refractivity contribution is 8.70. The highest BCUT2D eigenvalue weighted by atomic mass is 33.1. The molecule has 0 bridgehead atoms. The third-order valence-electron chi connectivity index (χ3n) is 0.496. The van der Waals surface area contributed by atoms with Crippen molar-refractivity contribution in [2.75, 3.05) is 0 Å². The van der Waals surface area contributed by atoms with Gasteiger partial charge in [-0.05, 0) is 24.4 Å². The zero-order valence-corrected chi connectivity index (χ0v) is 5.80. The lowest BCUT2D eigenvalue weighted by atomic mass is 10.7. The van der Waals surface area contributed by atoms with Crippen LogP contribution in [0.2, 0.25) is 0 Å². The van der Waals surface area contributed by atoms with Crippen LogP contribution in [-0.4, -0.2) is 6.72 Å². The number of rotatable bonds is 2. The molecule has 0 amide bonds. The van der Waals surface area contributed by atoms with E-state index in [4.69, 9.17) is 0 Å². The summed E-state index contributed by atoms with van der Waals surface area (Å²) in [6.07, 6.45) is 1.85. The Hall–Kier alpha value is 0.110. The molecule has 0 saturated heterocycles. The summed E-state index contributed by atoms with van der Waals surface area (Å²) in [6, 6.07) is 0. The van der Waals surface area contributed by atoms with Crippen LogP contribution >= 0.6 is 22.5 Å². The predicted molar refractivity (Wildman–Crippen MR) is 39.9 cm³/mol. The van der Waals surface area contributed by atoms with Crippen molar-refractivity contribution in [1.82, 2.24) is 0 Å². The standard InChI is InChI=1S/C4H7NS2/c1-3-4(5-2)7-6/h3,6H,2H2,1H3/b4-3+. The quantitative estimate of drug-likeness (QED) is 0.346. The lowest BCUT2D eigenvalue weighted by Gasteiger charge is -1.85. The lowest BCUT2D eigenvalue weighted by Crippen LogP contribution is -1.57. The molecule has 0 rings (SSSR count). The molecule has 40 valence electrons. The van der Waals surface area contributed by atoms with Gasteiger partial charge in [0, 0.05) is 0 Å². The molecular weight excluding hydrogens is 126 g/mol. The molecule has 0 aliphatic heterocycles. The maximum atomic E-state index is 3.89. The molecule has 0 spiro atoms. The van der Waals surface area contributed by atoms with E-state index in [9.17, 15) is 0 Å². The molecule has 0 unspecified atom stereocenters. The van der Waals surface area contributed by atoms with Gasteiger partial charge < -0.3 is 0 Å². The van der Waals surface area contributed by atoms with Crippen molar-refractivity contribution in [3.05, 3.63) is 11.1 Å². The molecule has 0 heterocycles. The number of nitrogens with zero attached hydrogens (tertiary/aromatic N) is 1. The molecule has 0 aromatic heterocycles. The van der Waals surface area contributed by atoms with Gasteiger partial charge in [0.2, 0.25) is 0 Å². The molecule has 0 N–H and O–H groups in total. The first-order chi connectivity index (χ1) is 3.35. The van der Waals surface area contributed by atoms with Gasteiger partial charge in [0.05, 0.1) is 0 Å². The van der Waals surface area contributed by atoms with Gasteiger partial charge in [-0.1, -0.05) is 6.08 Å². The summed E-state index contributed by atoms with van der Waals surface area (Å²) in [7, 11) is 1.30. The Labute approximate surface area is 52.7 Å². The first-order valence-corrected chi connectivity index (χ1v) is 3.66. The largest absolute Gasteiger partial charge is 0.257 e. The van der Waals surface area contributed by atoms with Crippen LogP contribution in [0, 0.1) is 0 Å². The molecule has 7 heavy (non-hydrogen) atoms. The Morgan fingerprint density at radius 1 is 2.00 bits per heavy atom. The fraction of sp³-hybridized carbons (Fsp3) is 0.250. The van der Waals surface area contributed by atoms with Crippen molar-refractivity contribution in [3.8, 4) is 0 Å². The molecule has 0 aromatic rings. The zero-order valence-electron chi connectivity index (χ0n) is 4.09. The van der Waals surface area contributed by atoms with Crippen molar-refractivity contribution in [2.45, 2.75) is 6.92 Å². The SMILES string of the molecule is C=N/C(=C\C)SS. The van der Waals surface area contributed by atoms with Crippen LogP contribution in [0.5, 0.6) is 0 Å². The van der Waals surface area contributed by atoms with Gasteiger partial charge in [-0.3, -0.25) is 4.99 Å². The van der Waals surface area contributed by atoms with Gasteiger partial charge in [-0.2, -0.15) is 0 Å². The van der Waals surface area contributed by atoms with Gasteiger partial charge in [0.1, 0.15) is 5.03 Å². The van der Waals surface area contributed by atoms with Gasteiger partial charge in [-0.15, -0.1) is 11.7 Å². The fourth-order valence-corrected chi connectivity index (χ4v) is 0.825. The summed E-state index contributed by atoms with van der Waals surface area (Å²) in [5.41, 5.74) is 0. The number of hydrogen-bond donors (Lipinski definition) is 1. The Morgan fingerprint density at radius 2 is 2.57 bits per heavy atom. The summed E-state index contributed by atoms with van der Waals surface area (Å²) in [4.78, 5) is 3.62. The van der Waals surface area contributed by atoms with E-state index in [1.807, 2.05) is 13.0 Å². The van der Waals surface area contributed by atoms with Gasteiger partial charge in [-0.25, -0.2) is 0 Å². The number of thiol groups is 1. The second-order valence-electron chi connectivity index (χ2n) is 0.876. The average Bonchev–Trinajstić information content (AvgIpc) is 1.72. The first kappa shape index (κ1) is 7.11. The first-order valence-electron chi connectivity index (χ1n) is 1.79. The van der Waals surface area contributed by atoms with Crippen molar-refractivity contribution < 1.29 is 0 Å². The molecule has 0 radical (unpaired) electrons. The van der Waals surface area contributed by atoms with E-state index < -0.39 is 0 Å². The van der Waals surface area contributed by atoms with E-state index in [2.05, 4.69) is 23.4 Å². The molecule has 0 fully saturated rings. The Kier molecular flexibility index (Phi) is 4.34. The highest BCUT2D eigenvalue weighted by Gasteiger charge is 1.80. The van der Waals surface area contributed by atoms with Crippen molar-refractivity contribution in [1.29, 1.82) is 0 Å². The molecule has 3 heteroatoms. The zero-order chi connectivity index (χ0) is 5.70. The Bertz CT molecular complexity index is 87.7. The van der Waals surface area contributed by atoms with E-state index in [0.29, 0.717) is 0 Å². The maximum absolute atomic E-state index is 3.89. The van der Waals surface area contributed by atoms with Crippen LogP contribution in [0.25, 0.3) is 0 Å². The molecule has 1 nitrogen and oxygen atoms in total. The summed E-state index contributed by atoms with van der Waals surface area (Å²) >= 11 is 3.89. The topological polar surface area (TPSA) is 12.4 Å². The lowest BCUT2D eigenvalue weighted by molar-refractivity contribution is 1.52. The van der Waals surface area contributed by atoms with Crippen LogP contribution in [-0.2, 0) is 0 Å². The van der Waals surface area contributed by atoms with Gasteiger partial charge in [0.15, 0.2) is 0 Å². The van der Waals surface area contributed by atoms with E-state index in [-0.39, 0.29) is 0 Å². The Morgan fingerprint density at radius 3 is 2.57 bits per heavy atom. The monoisotopic (exact) mass is 133 g/mol. The minimum Gasteiger partial charge on any atom is -0.257 e. The van der Waals surface area contributed by atoms with E-state index in [1.165, 1.54) is 10.8 Å². The summed E-state index contributed by atoms with van der Waals surface area (Å²) in [5.74, 6) is 0. The average molecular weight is 133 g/mol. The van der Waals surface area contributed by atoms with Gasteiger partial charge >= 0.3 is 0 Å². The normalized spacial score (nSPS) is 11.4. The van der Waals surface area contributed by atoms with Crippen molar-refractivity contribution >= 4 is 29.2 Å². The smallest absolute Gasteiger partial charge is 0.101 e. The number of aliphatic imine (C=N–C) groups is 1. The van der Waals surface area contributed by atoms with E-state index >= 15 is 0 Å². The molecule has 0 saturated carbocycles. The highest BCUT2D eigenvalue weighted by Crippen LogP contribution is 2.18. The predicted octanol–water partition coefficient (Wildman–Crippen LogP) is 2.13. The van der Waals surface area contributed by atoms with Crippen LogP contribution in [0.3, 0.4) is 0 Å². The second kappa shape index (κ2) is 4.27. The van der Waals surface area contributed by atoms with E-state index in [0.717, 1.165) is 5.03 Å². The van der Waals surface area contributed by atoms with Crippen LogP contribution in [0.4, 0.5) is 0 Å². The minimum absolute atomic E-state index is 0.850. The van der Waals surface area contributed by atoms with Crippen LogP contribution in [0.15, 0.2) is 16.1 Å². The third kappa shape index (κ3) is 2.76. The van der Waals surface area contributed by atoms with Crippen LogP contribution < -0.4 is 0 Å². The summed E-state index contributed by atoms with van der Waals surface area (Å²) < 4.78 is 0. The maximum Gasteiger partial charge on any atom is 0.101 e. The van der Waals surface area contributed by atoms with Gasteiger partial charge in [0.25, 0.3) is 0 Å². The minimum atomic E-state index is 0.850. The van der Waals surface area contributed by atoms with Crippen LogP contribution in [0.1, 0.15) is 6.92 Å². The van der Waals surface area contributed by atoms with Crippen molar-refractivity contribution in [2.24, 2.45) is 4.99 Å². The molecular formula is C4H7NS2. The fourth-order valence-electron chi connectivity index (χ4n) is 0.173. The molecule has 0 aliphatic carbocycles.